The molecule has 0 unspecified atom stereocenters. The Morgan fingerprint density at radius 1 is 1.67 bits per heavy atom. The number of amides is 1. The predicted octanol–water partition coefficient (Wildman–Crippen LogP) is 1.87. The molecule has 0 aliphatic rings. The van der Waals surface area contributed by atoms with Gasteiger partial charge in [0.15, 0.2) is 0 Å². The number of hydrogen-bond donors (Lipinski definition) is 1. The summed E-state index contributed by atoms with van der Waals surface area (Å²) in [7, 11) is 1.25. The van der Waals surface area contributed by atoms with Crippen LogP contribution in [-0.2, 0) is 0 Å². The highest BCUT2D eigenvalue weighted by atomic mass is 79.9. The second-order valence-corrected chi connectivity index (χ2v) is 3.43. The molecular weight excluding hydrogens is 270 g/mol. The lowest BCUT2D eigenvalue weighted by Gasteiger charge is -2.07. The van der Waals surface area contributed by atoms with Crippen molar-refractivity contribution in [2.75, 3.05) is 11.9 Å². The van der Waals surface area contributed by atoms with Crippen LogP contribution in [0, 0.1) is 10.1 Å². The van der Waals surface area contributed by atoms with E-state index in [4.69, 9.17) is 5.11 Å². The maximum Gasteiger partial charge on any atom is 0.414 e. The number of hydrogen-bond acceptors (Lipinski definition) is 4. The minimum Gasteiger partial charge on any atom is -0.465 e. The summed E-state index contributed by atoms with van der Waals surface area (Å²) in [4.78, 5) is 24.8. The van der Waals surface area contributed by atoms with Crippen LogP contribution in [0.2, 0.25) is 0 Å². The summed E-state index contributed by atoms with van der Waals surface area (Å²) in [5.74, 6) is -0.419. The van der Waals surface area contributed by atoms with Gasteiger partial charge in [-0.1, -0.05) is 0 Å². The standard InChI is InChI=1S/C7H6BrN3O4/c1-10(7(12)13)5-3-2-4(8)6(9-5)11(14)15/h2-3H,1H3,(H,12,13). The molecular formula is C7H6BrN3O4. The molecule has 0 bridgehead atoms. The normalized spacial score (nSPS) is 9.73. The number of carboxylic acid groups (broad SMARTS) is 1. The van der Waals surface area contributed by atoms with Crippen LogP contribution in [0.15, 0.2) is 16.6 Å². The fraction of sp³-hybridized carbons (Fsp3) is 0.143. The van der Waals surface area contributed by atoms with E-state index in [0.717, 1.165) is 4.90 Å². The molecule has 0 radical (unpaired) electrons. The van der Waals surface area contributed by atoms with E-state index < -0.39 is 16.8 Å². The Hall–Kier alpha value is -1.70. The third-order valence-corrected chi connectivity index (χ3v) is 2.24. The monoisotopic (exact) mass is 275 g/mol. The number of halogens is 1. The molecule has 1 aromatic heterocycles. The Balaban J connectivity index is 3.18. The summed E-state index contributed by atoms with van der Waals surface area (Å²) in [6.07, 6.45) is -1.24. The van der Waals surface area contributed by atoms with Crippen LogP contribution < -0.4 is 4.90 Å². The maximum atomic E-state index is 10.6. The Morgan fingerprint density at radius 2 is 2.27 bits per heavy atom. The average Bonchev–Trinajstić information content (AvgIpc) is 2.16. The van der Waals surface area contributed by atoms with Gasteiger partial charge in [0.1, 0.15) is 4.47 Å². The lowest BCUT2D eigenvalue weighted by Crippen LogP contribution is -2.24. The first-order chi connectivity index (χ1) is 6.93. The molecule has 15 heavy (non-hydrogen) atoms. The smallest absolute Gasteiger partial charge is 0.414 e. The van der Waals surface area contributed by atoms with Gasteiger partial charge in [-0.3, -0.25) is 0 Å². The molecule has 0 aliphatic carbocycles. The van der Waals surface area contributed by atoms with E-state index in [1.54, 1.807) is 0 Å². The molecule has 1 amide bonds. The molecule has 0 fully saturated rings. The molecule has 7 nitrogen and oxygen atoms in total. The second-order valence-electron chi connectivity index (χ2n) is 2.57. The van der Waals surface area contributed by atoms with E-state index in [-0.39, 0.29) is 10.3 Å². The van der Waals surface area contributed by atoms with Crippen LogP contribution in [0.4, 0.5) is 16.4 Å². The summed E-state index contributed by atoms with van der Waals surface area (Å²) >= 11 is 2.95. The lowest BCUT2D eigenvalue weighted by molar-refractivity contribution is -0.390. The van der Waals surface area contributed by atoms with Crippen molar-refractivity contribution in [3.63, 3.8) is 0 Å². The quantitative estimate of drug-likeness (QED) is 0.656. The molecule has 0 saturated carbocycles. The first-order valence-corrected chi connectivity index (χ1v) is 4.50. The van der Waals surface area contributed by atoms with E-state index in [1.165, 1.54) is 19.2 Å². The maximum absolute atomic E-state index is 10.6. The third-order valence-electron chi connectivity index (χ3n) is 1.62. The van der Waals surface area contributed by atoms with Crippen molar-refractivity contribution in [3.8, 4) is 0 Å². The number of aromatic nitrogens is 1. The summed E-state index contributed by atoms with van der Waals surface area (Å²) in [5, 5.41) is 19.2. The van der Waals surface area contributed by atoms with Gasteiger partial charge in [-0.25, -0.2) is 9.69 Å². The third kappa shape index (κ3) is 2.40. The summed E-state index contributed by atoms with van der Waals surface area (Å²) < 4.78 is 0.204. The minimum absolute atomic E-state index is 0.00241. The Kier molecular flexibility index (Phi) is 3.20. The van der Waals surface area contributed by atoms with E-state index in [0.29, 0.717) is 0 Å². The average molecular weight is 276 g/mol. The Labute approximate surface area is 92.6 Å². The largest absolute Gasteiger partial charge is 0.465 e. The van der Waals surface area contributed by atoms with Crippen LogP contribution in [0.3, 0.4) is 0 Å². The SMILES string of the molecule is CN(C(=O)O)c1ccc(Br)c([N+](=O)[O-])n1. The van der Waals surface area contributed by atoms with Crippen LogP contribution >= 0.6 is 15.9 Å². The molecule has 0 atom stereocenters. The van der Waals surface area contributed by atoms with Crippen LogP contribution in [0.1, 0.15) is 0 Å². The van der Waals surface area contributed by atoms with Gasteiger partial charge >= 0.3 is 11.9 Å². The van der Waals surface area contributed by atoms with E-state index in [9.17, 15) is 14.9 Å². The highest BCUT2D eigenvalue weighted by Crippen LogP contribution is 2.25. The zero-order valence-corrected chi connectivity index (χ0v) is 9.13. The van der Waals surface area contributed by atoms with Crippen LogP contribution in [-0.4, -0.2) is 28.2 Å². The molecule has 8 heteroatoms. The Morgan fingerprint density at radius 3 is 2.73 bits per heavy atom. The number of carbonyl (C=O) groups is 1. The van der Waals surface area contributed by atoms with Gasteiger partial charge in [0.05, 0.1) is 0 Å². The topological polar surface area (TPSA) is 96.6 Å². The van der Waals surface area contributed by atoms with Gasteiger partial charge in [-0.2, -0.15) is 0 Å². The number of anilines is 1. The highest BCUT2D eigenvalue weighted by molar-refractivity contribution is 9.10. The Bertz CT molecular complexity index is 423. The van der Waals surface area contributed by atoms with Crippen molar-refractivity contribution in [1.29, 1.82) is 0 Å². The molecule has 1 N–H and O–H groups in total. The minimum atomic E-state index is -1.24. The number of pyridine rings is 1. The zero-order chi connectivity index (χ0) is 11.6. The van der Waals surface area contributed by atoms with Gasteiger partial charge < -0.3 is 15.2 Å². The summed E-state index contributed by atoms with van der Waals surface area (Å²) in [6, 6.07) is 2.74. The number of rotatable bonds is 2. The molecule has 1 aromatic rings. The summed E-state index contributed by atoms with van der Waals surface area (Å²) in [6.45, 7) is 0. The van der Waals surface area contributed by atoms with Crippen molar-refractivity contribution in [2.45, 2.75) is 0 Å². The molecule has 80 valence electrons. The molecule has 1 rings (SSSR count). The van der Waals surface area contributed by atoms with Gasteiger partial charge in [-0.05, 0) is 31.9 Å². The van der Waals surface area contributed by atoms with Crippen molar-refractivity contribution < 1.29 is 14.8 Å². The van der Waals surface area contributed by atoms with Gasteiger partial charge in [-0.15, -0.1) is 0 Å². The van der Waals surface area contributed by atoms with Crippen molar-refractivity contribution in [2.24, 2.45) is 0 Å². The lowest BCUT2D eigenvalue weighted by atomic mass is 10.4. The molecule has 0 spiro atoms. The molecule has 0 aromatic carbocycles. The van der Waals surface area contributed by atoms with Gasteiger partial charge in [0, 0.05) is 13.1 Å². The van der Waals surface area contributed by atoms with E-state index >= 15 is 0 Å². The number of nitrogens with zero attached hydrogens (tertiary/aromatic N) is 3. The van der Waals surface area contributed by atoms with Crippen molar-refractivity contribution >= 4 is 33.7 Å². The first kappa shape index (κ1) is 11.4. The van der Waals surface area contributed by atoms with E-state index in [1.807, 2.05) is 0 Å². The number of nitro groups is 1. The van der Waals surface area contributed by atoms with Crippen LogP contribution in [0.25, 0.3) is 0 Å². The predicted molar refractivity (Wildman–Crippen MR) is 55.0 cm³/mol. The van der Waals surface area contributed by atoms with E-state index in [2.05, 4.69) is 20.9 Å². The van der Waals surface area contributed by atoms with Gasteiger partial charge in [0.25, 0.3) is 5.82 Å². The van der Waals surface area contributed by atoms with Crippen molar-refractivity contribution in [3.05, 3.63) is 26.7 Å². The zero-order valence-electron chi connectivity index (χ0n) is 7.55. The molecule has 0 aliphatic heterocycles. The molecule has 0 saturated heterocycles. The second kappa shape index (κ2) is 4.22. The van der Waals surface area contributed by atoms with Gasteiger partial charge in [0.2, 0.25) is 0 Å². The fourth-order valence-corrected chi connectivity index (χ4v) is 1.20. The van der Waals surface area contributed by atoms with Crippen molar-refractivity contribution in [1.82, 2.24) is 4.98 Å². The molecule has 1 heterocycles. The first-order valence-electron chi connectivity index (χ1n) is 3.71. The summed E-state index contributed by atoms with van der Waals surface area (Å²) in [5.41, 5.74) is 0. The fourth-order valence-electron chi connectivity index (χ4n) is 0.834. The van der Waals surface area contributed by atoms with Crippen LogP contribution in [0.5, 0.6) is 0 Å². The highest BCUT2D eigenvalue weighted by Gasteiger charge is 2.20.